The molecule has 0 aromatic heterocycles. The second kappa shape index (κ2) is 8.58. The topological polar surface area (TPSA) is 124 Å². The van der Waals surface area contributed by atoms with Crippen molar-refractivity contribution < 1.29 is 29.1 Å². The minimum Gasteiger partial charge on any atom is -0.550 e. The maximum Gasteiger partial charge on any atom is 0.237 e. The molecule has 2 amide bonds. The molecule has 0 saturated carbocycles. The molecular formula is C13H25N3O5. The fourth-order valence-electron chi connectivity index (χ4n) is 1.95. The number of amides is 2. The number of aliphatic carboxylic acids is 1. The van der Waals surface area contributed by atoms with E-state index < -0.39 is 18.0 Å². The molecular weight excluding hydrogens is 278 g/mol. The maximum atomic E-state index is 10.8. The lowest BCUT2D eigenvalue weighted by molar-refractivity contribution is -0.873. The number of carboxylic acid groups (broad SMARTS) is 1. The van der Waals surface area contributed by atoms with Gasteiger partial charge in [0.25, 0.3) is 0 Å². The molecule has 1 aliphatic heterocycles. The second-order valence-corrected chi connectivity index (χ2v) is 6.09. The summed E-state index contributed by atoms with van der Waals surface area (Å²) in [5, 5.41) is 19.1. The predicted molar refractivity (Wildman–Crippen MR) is 73.5 cm³/mol. The quantitative estimate of drug-likeness (QED) is 0.516. The summed E-state index contributed by atoms with van der Waals surface area (Å²) in [4.78, 5) is 32.7. The van der Waals surface area contributed by atoms with Crippen molar-refractivity contribution in [3.63, 3.8) is 0 Å². The summed E-state index contributed by atoms with van der Waals surface area (Å²) in [6.45, 7) is 1.19. The summed E-state index contributed by atoms with van der Waals surface area (Å²) in [6, 6.07) is 0. The van der Waals surface area contributed by atoms with Crippen LogP contribution < -0.4 is 10.8 Å². The molecule has 122 valence electrons. The average molecular weight is 303 g/mol. The van der Waals surface area contributed by atoms with Gasteiger partial charge in [0.2, 0.25) is 11.8 Å². The van der Waals surface area contributed by atoms with Crippen molar-refractivity contribution in [1.29, 1.82) is 0 Å². The van der Waals surface area contributed by atoms with Gasteiger partial charge in [-0.05, 0) is 6.42 Å². The van der Waals surface area contributed by atoms with E-state index in [1.165, 1.54) is 4.90 Å². The summed E-state index contributed by atoms with van der Waals surface area (Å²) in [7, 11) is 5.66. The molecule has 0 spiro atoms. The summed E-state index contributed by atoms with van der Waals surface area (Å²) < 4.78 is 0.550. The van der Waals surface area contributed by atoms with Crippen molar-refractivity contribution in [3.8, 4) is 0 Å². The number of nitrogens with two attached hydrogens (primary N) is 1. The number of aliphatic hydroxyl groups is 1. The largest absolute Gasteiger partial charge is 0.550 e. The lowest BCUT2D eigenvalue weighted by atomic mass is 10.2. The summed E-state index contributed by atoms with van der Waals surface area (Å²) >= 11 is 0. The highest BCUT2D eigenvalue weighted by Crippen LogP contribution is 2.07. The normalized spacial score (nSPS) is 16.2. The smallest absolute Gasteiger partial charge is 0.237 e. The Bertz CT molecular complexity index is 378. The molecule has 0 radical (unpaired) electrons. The van der Waals surface area contributed by atoms with Crippen LogP contribution in [0, 0.1) is 0 Å². The van der Waals surface area contributed by atoms with E-state index in [1.807, 2.05) is 21.1 Å². The highest BCUT2D eigenvalue weighted by molar-refractivity contribution is 5.84. The number of carboxylic acids is 1. The Kier molecular flexibility index (Phi) is 7.90. The molecule has 3 N–H and O–H groups in total. The summed E-state index contributed by atoms with van der Waals surface area (Å²) in [5.74, 6) is -1.60. The molecule has 8 nitrogen and oxygen atoms in total. The van der Waals surface area contributed by atoms with Crippen molar-refractivity contribution in [2.75, 3.05) is 40.8 Å². The molecule has 1 rings (SSSR count). The van der Waals surface area contributed by atoms with Crippen LogP contribution in [0.5, 0.6) is 0 Å². The average Bonchev–Trinajstić information content (AvgIpc) is 2.60. The zero-order valence-electron chi connectivity index (χ0n) is 12.9. The van der Waals surface area contributed by atoms with Gasteiger partial charge in [0.1, 0.15) is 12.6 Å². The number of hydrogen-bond acceptors (Lipinski definition) is 5. The van der Waals surface area contributed by atoms with E-state index >= 15 is 0 Å². The predicted octanol–water partition coefficient (Wildman–Crippen LogP) is -2.71. The molecule has 0 bridgehead atoms. The van der Waals surface area contributed by atoms with E-state index in [0.717, 1.165) is 6.42 Å². The Hall–Kier alpha value is -1.67. The number of rotatable bonds is 6. The first-order valence-electron chi connectivity index (χ1n) is 6.75. The minimum atomic E-state index is -1.20. The van der Waals surface area contributed by atoms with E-state index in [4.69, 9.17) is 10.8 Å². The third kappa shape index (κ3) is 10.7. The number of aliphatic hydroxyl groups excluding tert-OH is 1. The molecule has 1 aliphatic rings. The van der Waals surface area contributed by atoms with E-state index in [9.17, 15) is 19.5 Å². The molecule has 1 heterocycles. The fourth-order valence-corrected chi connectivity index (χ4v) is 1.95. The molecule has 0 aliphatic carbocycles. The number of carbonyl (C=O) groups excluding carboxylic acids is 3. The van der Waals surface area contributed by atoms with Crippen LogP contribution in [0.1, 0.15) is 19.3 Å². The molecule has 8 heteroatoms. The highest BCUT2D eigenvalue weighted by atomic mass is 16.4. The third-order valence-corrected chi connectivity index (χ3v) is 2.68. The van der Waals surface area contributed by atoms with Gasteiger partial charge < -0.3 is 30.1 Å². The molecule has 0 unspecified atom stereocenters. The minimum absolute atomic E-state index is 0.0406. The Morgan fingerprint density at radius 2 is 2.00 bits per heavy atom. The molecule has 1 fully saturated rings. The maximum absolute atomic E-state index is 10.8. The number of quaternary nitrogens is 1. The number of likely N-dealkylation sites (N-methyl/N-ethyl adjacent to an activating group) is 1. The molecule has 1 atom stereocenters. The molecule has 0 aromatic carbocycles. The van der Waals surface area contributed by atoms with Gasteiger partial charge in [-0.3, -0.25) is 9.59 Å². The van der Waals surface area contributed by atoms with Gasteiger partial charge >= 0.3 is 0 Å². The SMILES string of the molecule is C[N+](C)(C)C[C@H](O)CC(=O)[O-].NC(=O)CN1CCCC1=O. The van der Waals surface area contributed by atoms with Crippen LogP contribution in [-0.2, 0) is 14.4 Å². The summed E-state index contributed by atoms with van der Waals surface area (Å²) in [6.07, 6.45) is 0.328. The van der Waals surface area contributed by atoms with Crippen molar-refractivity contribution in [2.45, 2.75) is 25.4 Å². The van der Waals surface area contributed by atoms with Gasteiger partial charge in [0.15, 0.2) is 0 Å². The van der Waals surface area contributed by atoms with Crippen LogP contribution >= 0.6 is 0 Å². The zero-order chi connectivity index (χ0) is 16.6. The number of hydrogen-bond donors (Lipinski definition) is 2. The van der Waals surface area contributed by atoms with E-state index in [1.54, 1.807) is 0 Å². The van der Waals surface area contributed by atoms with E-state index in [2.05, 4.69) is 0 Å². The van der Waals surface area contributed by atoms with Crippen LogP contribution in [0.25, 0.3) is 0 Å². The van der Waals surface area contributed by atoms with Crippen LogP contribution in [0.15, 0.2) is 0 Å². The standard InChI is InChI=1S/C7H15NO3.C6H10N2O2/c1-8(2,3)5-6(9)4-7(10)11;7-5(9)4-8-3-1-2-6(8)10/h6,9H,4-5H2,1-3H3;1-4H2,(H2,7,9)/t6-;/m1./s1. The van der Waals surface area contributed by atoms with Crippen LogP contribution in [0.4, 0.5) is 0 Å². The Balaban J connectivity index is 0.000000382. The number of primary amides is 1. The van der Waals surface area contributed by atoms with Crippen molar-refractivity contribution in [3.05, 3.63) is 0 Å². The molecule has 0 aromatic rings. The monoisotopic (exact) mass is 303 g/mol. The van der Waals surface area contributed by atoms with Crippen molar-refractivity contribution in [2.24, 2.45) is 5.73 Å². The number of carbonyl (C=O) groups is 3. The Morgan fingerprint density at radius 3 is 2.33 bits per heavy atom. The van der Waals surface area contributed by atoms with Crippen LogP contribution in [0.2, 0.25) is 0 Å². The third-order valence-electron chi connectivity index (χ3n) is 2.68. The van der Waals surface area contributed by atoms with E-state index in [0.29, 0.717) is 24.0 Å². The molecule has 1 saturated heterocycles. The highest BCUT2D eigenvalue weighted by Gasteiger charge is 2.20. The lowest BCUT2D eigenvalue weighted by Crippen LogP contribution is -2.43. The first-order valence-corrected chi connectivity index (χ1v) is 6.75. The fraction of sp³-hybridized carbons (Fsp3) is 0.769. The van der Waals surface area contributed by atoms with E-state index in [-0.39, 0.29) is 18.9 Å². The van der Waals surface area contributed by atoms with Gasteiger partial charge in [-0.1, -0.05) is 0 Å². The van der Waals surface area contributed by atoms with Gasteiger partial charge in [0, 0.05) is 25.4 Å². The lowest BCUT2D eigenvalue weighted by Gasteiger charge is -2.26. The first kappa shape index (κ1) is 19.3. The first-order chi connectivity index (χ1) is 9.51. The van der Waals surface area contributed by atoms with Crippen LogP contribution in [0.3, 0.4) is 0 Å². The zero-order valence-corrected chi connectivity index (χ0v) is 12.9. The Morgan fingerprint density at radius 1 is 1.43 bits per heavy atom. The van der Waals surface area contributed by atoms with Gasteiger partial charge in [0.05, 0.1) is 27.7 Å². The number of nitrogens with zero attached hydrogens (tertiary/aromatic N) is 2. The van der Waals surface area contributed by atoms with Gasteiger partial charge in [-0.25, -0.2) is 0 Å². The second-order valence-electron chi connectivity index (χ2n) is 6.09. The van der Waals surface area contributed by atoms with Crippen LogP contribution in [-0.4, -0.2) is 79.2 Å². The van der Waals surface area contributed by atoms with Crippen molar-refractivity contribution in [1.82, 2.24) is 4.90 Å². The van der Waals surface area contributed by atoms with Gasteiger partial charge in [-0.15, -0.1) is 0 Å². The van der Waals surface area contributed by atoms with Gasteiger partial charge in [-0.2, -0.15) is 0 Å². The number of likely N-dealkylation sites (tertiary alicyclic amines) is 1. The Labute approximate surface area is 124 Å². The summed E-state index contributed by atoms with van der Waals surface area (Å²) in [5.41, 5.74) is 4.90. The molecule has 21 heavy (non-hydrogen) atoms. The van der Waals surface area contributed by atoms with Crippen molar-refractivity contribution >= 4 is 17.8 Å².